The summed E-state index contributed by atoms with van der Waals surface area (Å²) in [4.78, 5) is 25.0. The molecule has 0 saturated carbocycles. The summed E-state index contributed by atoms with van der Waals surface area (Å²) in [7, 11) is 4.42. The van der Waals surface area contributed by atoms with E-state index in [1.165, 1.54) is 33.5 Å². The molecule has 33 heavy (non-hydrogen) atoms. The van der Waals surface area contributed by atoms with Gasteiger partial charge in [0.2, 0.25) is 5.75 Å². The van der Waals surface area contributed by atoms with Crippen LogP contribution in [0.2, 0.25) is 0 Å². The fourth-order valence-corrected chi connectivity index (χ4v) is 3.46. The molecule has 180 valence electrons. The third-order valence-corrected chi connectivity index (χ3v) is 5.23. The Bertz CT molecular complexity index is 911. The Morgan fingerprint density at radius 2 is 1.64 bits per heavy atom. The highest BCUT2D eigenvalue weighted by Crippen LogP contribution is 2.38. The smallest absolute Gasteiger partial charge is 0.338 e. The van der Waals surface area contributed by atoms with Crippen molar-refractivity contribution in [2.24, 2.45) is 0 Å². The molecule has 0 bridgehead atoms. The topological polar surface area (TPSA) is 92.3 Å². The number of esters is 2. The molecule has 2 rings (SSSR count). The van der Waals surface area contributed by atoms with E-state index in [4.69, 9.17) is 35.3 Å². The Labute approximate surface area is 199 Å². The zero-order valence-electron chi connectivity index (χ0n) is 19.5. The van der Waals surface area contributed by atoms with E-state index < -0.39 is 23.0 Å². The largest absolute Gasteiger partial charge is 0.493 e. The molecule has 0 aliphatic heterocycles. The number of alkyl halides is 1. The fraction of sp³-hybridized carbons (Fsp3) is 0.417. The van der Waals surface area contributed by atoms with Crippen molar-refractivity contribution in [1.29, 1.82) is 0 Å². The SMILES string of the molecule is CC[C@](COC(=O)c1cc(OC)c(OC)c(OC)c1)(NCC(=O)OC(C)Cl)c1ccccc1. The van der Waals surface area contributed by atoms with Gasteiger partial charge in [-0.3, -0.25) is 10.1 Å². The van der Waals surface area contributed by atoms with Crippen LogP contribution in [0.1, 0.15) is 36.2 Å². The molecule has 0 amide bonds. The molecule has 0 aromatic heterocycles. The minimum atomic E-state index is -0.827. The van der Waals surface area contributed by atoms with Crippen LogP contribution in [-0.4, -0.2) is 52.0 Å². The highest BCUT2D eigenvalue weighted by atomic mass is 35.5. The average molecular weight is 480 g/mol. The van der Waals surface area contributed by atoms with E-state index in [1.807, 2.05) is 37.3 Å². The second-order valence-corrected chi connectivity index (χ2v) is 7.79. The maximum Gasteiger partial charge on any atom is 0.338 e. The molecule has 0 heterocycles. The average Bonchev–Trinajstić information content (AvgIpc) is 2.83. The first-order valence-electron chi connectivity index (χ1n) is 10.4. The van der Waals surface area contributed by atoms with Crippen LogP contribution in [0.4, 0.5) is 0 Å². The molecule has 2 aromatic rings. The first-order chi connectivity index (χ1) is 15.8. The summed E-state index contributed by atoms with van der Waals surface area (Å²) >= 11 is 5.75. The van der Waals surface area contributed by atoms with Crippen LogP contribution in [0.25, 0.3) is 0 Å². The molecule has 0 fully saturated rings. The summed E-state index contributed by atoms with van der Waals surface area (Å²) < 4.78 is 26.6. The summed E-state index contributed by atoms with van der Waals surface area (Å²) in [6.07, 6.45) is 0.531. The zero-order chi connectivity index (χ0) is 24.4. The Balaban J connectivity index is 2.28. The molecule has 2 atom stereocenters. The molecule has 0 aliphatic rings. The molecule has 2 aromatic carbocycles. The van der Waals surface area contributed by atoms with E-state index in [2.05, 4.69) is 5.32 Å². The van der Waals surface area contributed by atoms with E-state index in [-0.39, 0.29) is 18.7 Å². The zero-order valence-corrected chi connectivity index (χ0v) is 20.2. The number of ether oxygens (including phenoxy) is 5. The highest BCUT2D eigenvalue weighted by Gasteiger charge is 2.33. The first-order valence-corrected chi connectivity index (χ1v) is 10.8. The number of carbonyl (C=O) groups excluding carboxylic acids is 2. The van der Waals surface area contributed by atoms with Crippen molar-refractivity contribution in [2.75, 3.05) is 34.5 Å². The van der Waals surface area contributed by atoms with E-state index >= 15 is 0 Å². The minimum Gasteiger partial charge on any atom is -0.493 e. The van der Waals surface area contributed by atoms with Crippen LogP contribution in [0.5, 0.6) is 17.2 Å². The summed E-state index contributed by atoms with van der Waals surface area (Å²) in [5, 5.41) is 3.19. The van der Waals surface area contributed by atoms with Crippen LogP contribution in [0.3, 0.4) is 0 Å². The minimum absolute atomic E-state index is 0.0350. The second-order valence-electron chi connectivity index (χ2n) is 7.18. The van der Waals surface area contributed by atoms with Crippen molar-refractivity contribution in [3.63, 3.8) is 0 Å². The molecule has 1 unspecified atom stereocenters. The Kier molecular flexibility index (Phi) is 9.81. The van der Waals surface area contributed by atoms with Crippen molar-refractivity contribution in [3.8, 4) is 17.2 Å². The van der Waals surface area contributed by atoms with Crippen LogP contribution < -0.4 is 19.5 Å². The van der Waals surface area contributed by atoms with Gasteiger partial charge >= 0.3 is 11.9 Å². The van der Waals surface area contributed by atoms with Gasteiger partial charge in [-0.05, 0) is 31.0 Å². The van der Waals surface area contributed by atoms with Gasteiger partial charge in [-0.1, -0.05) is 48.9 Å². The van der Waals surface area contributed by atoms with E-state index in [0.717, 1.165) is 5.56 Å². The fourth-order valence-electron chi connectivity index (χ4n) is 3.36. The van der Waals surface area contributed by atoms with E-state index in [1.54, 1.807) is 6.92 Å². The Morgan fingerprint density at radius 3 is 2.12 bits per heavy atom. The molecule has 0 saturated heterocycles. The maximum atomic E-state index is 12.9. The number of rotatable bonds is 12. The lowest BCUT2D eigenvalue weighted by Crippen LogP contribution is -2.48. The standard InChI is InChI=1S/C24H30ClNO7/c1-6-24(18-10-8-7-9-11-18,26-14-21(27)33-16(2)25)15-32-23(28)17-12-19(29-3)22(31-5)20(13-17)30-4/h7-13,16,26H,6,14-15H2,1-5H3/t16?,24-/m1/s1. The summed E-state index contributed by atoms with van der Waals surface area (Å²) in [6, 6.07) is 12.5. The highest BCUT2D eigenvalue weighted by molar-refractivity contribution is 6.19. The lowest BCUT2D eigenvalue weighted by atomic mass is 9.88. The lowest BCUT2D eigenvalue weighted by Gasteiger charge is -2.34. The van der Waals surface area contributed by atoms with Gasteiger partial charge in [0.1, 0.15) is 6.61 Å². The Hall–Kier alpha value is -2.97. The van der Waals surface area contributed by atoms with Gasteiger partial charge in [-0.2, -0.15) is 0 Å². The van der Waals surface area contributed by atoms with Gasteiger partial charge in [0, 0.05) is 0 Å². The van der Waals surface area contributed by atoms with Crippen molar-refractivity contribution in [3.05, 3.63) is 53.6 Å². The summed E-state index contributed by atoms with van der Waals surface area (Å²) in [5.41, 5.74) is -0.480. The number of hydrogen-bond donors (Lipinski definition) is 1. The van der Waals surface area contributed by atoms with Gasteiger partial charge < -0.3 is 23.7 Å². The molecule has 8 nitrogen and oxygen atoms in total. The van der Waals surface area contributed by atoms with Crippen molar-refractivity contribution in [2.45, 2.75) is 31.4 Å². The van der Waals surface area contributed by atoms with Gasteiger partial charge in [-0.15, -0.1) is 0 Å². The first kappa shape index (κ1) is 26.3. The molecule has 0 radical (unpaired) electrons. The van der Waals surface area contributed by atoms with Crippen LogP contribution in [0.15, 0.2) is 42.5 Å². The normalized spacial score (nSPS) is 13.4. The molecular weight excluding hydrogens is 450 g/mol. The number of halogens is 1. The number of hydrogen-bond acceptors (Lipinski definition) is 8. The van der Waals surface area contributed by atoms with Crippen molar-refractivity contribution < 1.29 is 33.3 Å². The lowest BCUT2D eigenvalue weighted by molar-refractivity contribution is -0.144. The number of carbonyl (C=O) groups is 2. The van der Waals surface area contributed by atoms with Crippen molar-refractivity contribution in [1.82, 2.24) is 5.32 Å². The summed E-state index contributed by atoms with van der Waals surface area (Å²) in [5.74, 6) is -0.0456. The quantitative estimate of drug-likeness (QED) is 0.362. The van der Waals surface area contributed by atoms with Gasteiger partial charge in [-0.25, -0.2) is 4.79 Å². The monoisotopic (exact) mass is 479 g/mol. The predicted molar refractivity (Wildman–Crippen MR) is 124 cm³/mol. The molecular formula is C24H30ClNO7. The van der Waals surface area contributed by atoms with Crippen LogP contribution >= 0.6 is 11.6 Å². The number of nitrogens with one attached hydrogen (secondary N) is 1. The Morgan fingerprint density at radius 1 is 1.03 bits per heavy atom. The van der Waals surface area contributed by atoms with Gasteiger partial charge in [0.15, 0.2) is 17.1 Å². The molecule has 0 aliphatic carbocycles. The number of benzene rings is 2. The molecule has 9 heteroatoms. The maximum absolute atomic E-state index is 12.9. The predicted octanol–water partition coefficient (Wildman–Crippen LogP) is 3.89. The van der Waals surface area contributed by atoms with Gasteiger partial charge in [0.25, 0.3) is 0 Å². The van der Waals surface area contributed by atoms with Crippen molar-refractivity contribution >= 4 is 23.5 Å². The molecule has 1 N–H and O–H groups in total. The van der Waals surface area contributed by atoms with Gasteiger partial charge in [0.05, 0.1) is 39.0 Å². The van der Waals surface area contributed by atoms with Crippen LogP contribution in [-0.2, 0) is 19.8 Å². The van der Waals surface area contributed by atoms with Crippen LogP contribution in [0, 0.1) is 0 Å². The third kappa shape index (κ3) is 6.76. The third-order valence-electron chi connectivity index (χ3n) is 5.14. The van der Waals surface area contributed by atoms with E-state index in [0.29, 0.717) is 23.7 Å². The van der Waals surface area contributed by atoms with E-state index in [9.17, 15) is 9.59 Å². The molecule has 0 spiro atoms. The number of methoxy groups -OCH3 is 3. The second kappa shape index (κ2) is 12.3. The summed E-state index contributed by atoms with van der Waals surface area (Å²) in [6.45, 7) is 3.35.